The quantitative estimate of drug-likeness (QED) is 0.354. The van der Waals surface area contributed by atoms with Gasteiger partial charge < -0.3 is 24.4 Å². The maximum absolute atomic E-state index is 12.0. The van der Waals surface area contributed by atoms with Crippen molar-refractivity contribution < 1.29 is 29.2 Å². The van der Waals surface area contributed by atoms with Gasteiger partial charge in [0.25, 0.3) is 0 Å². The lowest BCUT2D eigenvalue weighted by Crippen LogP contribution is -2.15. The lowest BCUT2D eigenvalue weighted by Gasteiger charge is -2.19. The molecule has 0 bridgehead atoms. The molecule has 1 aliphatic rings. The number of hydrogen-bond donors (Lipinski definition) is 2. The standard InChI is InChI=1S/C28H27N3O6/c1-3-18-13-21(23(33)15-22(18)32)26-27(20-9-10-24-25(14-20)37-12-11-36-24)31(30-29-26)16-17-5-7-19(8-6-17)28(34)35-4-2/h5-10,13-15,32-33H,3-4,11-12,16H2,1-2H3. The Morgan fingerprint density at radius 1 is 0.973 bits per heavy atom. The van der Waals surface area contributed by atoms with Crippen molar-refractivity contribution >= 4 is 5.97 Å². The number of ether oxygens (including phenoxy) is 3. The van der Waals surface area contributed by atoms with Crippen LogP contribution in [0.5, 0.6) is 23.0 Å². The van der Waals surface area contributed by atoms with Gasteiger partial charge in [0.15, 0.2) is 11.5 Å². The van der Waals surface area contributed by atoms with E-state index in [2.05, 4.69) is 10.3 Å². The maximum atomic E-state index is 12.0. The van der Waals surface area contributed by atoms with Crippen LogP contribution in [-0.4, -0.2) is 51.0 Å². The van der Waals surface area contributed by atoms with Crippen LogP contribution in [0.25, 0.3) is 22.5 Å². The molecule has 0 fully saturated rings. The zero-order valence-corrected chi connectivity index (χ0v) is 20.6. The largest absolute Gasteiger partial charge is 0.508 e. The van der Waals surface area contributed by atoms with Gasteiger partial charge in [-0.05, 0) is 60.9 Å². The summed E-state index contributed by atoms with van der Waals surface area (Å²) < 4.78 is 18.3. The van der Waals surface area contributed by atoms with Crippen LogP contribution in [0.15, 0.2) is 54.6 Å². The fourth-order valence-electron chi connectivity index (χ4n) is 4.31. The smallest absolute Gasteiger partial charge is 0.338 e. The predicted molar refractivity (Wildman–Crippen MR) is 136 cm³/mol. The van der Waals surface area contributed by atoms with Gasteiger partial charge in [-0.25, -0.2) is 9.48 Å². The van der Waals surface area contributed by atoms with E-state index in [0.717, 1.165) is 11.1 Å². The lowest BCUT2D eigenvalue weighted by atomic mass is 9.99. The van der Waals surface area contributed by atoms with Crippen LogP contribution in [0.3, 0.4) is 0 Å². The summed E-state index contributed by atoms with van der Waals surface area (Å²) >= 11 is 0. The third-order valence-corrected chi connectivity index (χ3v) is 6.18. The number of nitrogens with zero attached hydrogens (tertiary/aromatic N) is 3. The average molecular weight is 502 g/mol. The first-order valence-electron chi connectivity index (χ1n) is 12.1. The highest BCUT2D eigenvalue weighted by atomic mass is 16.6. The number of benzene rings is 3. The highest BCUT2D eigenvalue weighted by Gasteiger charge is 2.23. The molecule has 1 aliphatic heterocycles. The fourth-order valence-corrected chi connectivity index (χ4v) is 4.31. The molecule has 0 atom stereocenters. The first kappa shape index (κ1) is 24.2. The van der Waals surface area contributed by atoms with E-state index in [9.17, 15) is 15.0 Å². The topological polar surface area (TPSA) is 116 Å². The van der Waals surface area contributed by atoms with Crippen LogP contribution in [-0.2, 0) is 17.7 Å². The van der Waals surface area contributed by atoms with Crippen LogP contribution in [0, 0.1) is 0 Å². The molecule has 190 valence electrons. The van der Waals surface area contributed by atoms with Crippen molar-refractivity contribution in [1.29, 1.82) is 0 Å². The first-order chi connectivity index (χ1) is 18.0. The van der Waals surface area contributed by atoms with E-state index in [-0.39, 0.29) is 17.5 Å². The molecule has 0 amide bonds. The molecule has 37 heavy (non-hydrogen) atoms. The summed E-state index contributed by atoms with van der Waals surface area (Å²) in [5.74, 6) is 0.831. The summed E-state index contributed by atoms with van der Waals surface area (Å²) in [6.45, 7) is 5.30. The Hall–Kier alpha value is -4.53. The Labute approximate surface area is 213 Å². The molecule has 3 aromatic carbocycles. The van der Waals surface area contributed by atoms with Gasteiger partial charge in [0.2, 0.25) is 0 Å². The molecule has 1 aromatic heterocycles. The number of carbonyl (C=O) groups is 1. The van der Waals surface area contributed by atoms with E-state index >= 15 is 0 Å². The van der Waals surface area contributed by atoms with E-state index in [1.807, 2.05) is 37.3 Å². The Morgan fingerprint density at radius 3 is 2.46 bits per heavy atom. The van der Waals surface area contributed by atoms with Gasteiger partial charge in [0.1, 0.15) is 30.4 Å². The minimum atomic E-state index is -0.372. The van der Waals surface area contributed by atoms with Crippen molar-refractivity contribution in [2.75, 3.05) is 19.8 Å². The van der Waals surface area contributed by atoms with Gasteiger partial charge in [0, 0.05) is 17.2 Å². The third kappa shape index (κ3) is 4.80. The average Bonchev–Trinajstić information content (AvgIpc) is 3.32. The van der Waals surface area contributed by atoms with Crippen LogP contribution in [0.1, 0.15) is 35.3 Å². The number of esters is 1. The number of carbonyl (C=O) groups excluding carboxylic acids is 1. The van der Waals surface area contributed by atoms with E-state index in [4.69, 9.17) is 14.2 Å². The zero-order chi connectivity index (χ0) is 25.9. The number of hydrogen-bond acceptors (Lipinski definition) is 8. The van der Waals surface area contributed by atoms with E-state index in [1.54, 1.807) is 29.8 Å². The second-order valence-corrected chi connectivity index (χ2v) is 8.57. The van der Waals surface area contributed by atoms with Crippen LogP contribution < -0.4 is 9.47 Å². The normalized spacial score (nSPS) is 12.4. The lowest BCUT2D eigenvalue weighted by molar-refractivity contribution is 0.0526. The Morgan fingerprint density at radius 2 is 1.73 bits per heavy atom. The number of phenolic OH excluding ortho intramolecular Hbond substituents is 2. The van der Waals surface area contributed by atoms with E-state index < -0.39 is 0 Å². The molecule has 0 radical (unpaired) electrons. The molecule has 2 N–H and O–H groups in total. The molecule has 9 heteroatoms. The number of aryl methyl sites for hydroxylation is 1. The minimum Gasteiger partial charge on any atom is -0.508 e. The first-order valence-corrected chi connectivity index (χ1v) is 12.1. The van der Waals surface area contributed by atoms with Gasteiger partial charge in [-0.2, -0.15) is 0 Å². The van der Waals surface area contributed by atoms with Gasteiger partial charge in [-0.1, -0.05) is 24.3 Å². The summed E-state index contributed by atoms with van der Waals surface area (Å²) in [5.41, 5.74) is 4.42. The summed E-state index contributed by atoms with van der Waals surface area (Å²) in [7, 11) is 0. The van der Waals surface area contributed by atoms with Gasteiger partial charge in [-0.3, -0.25) is 0 Å². The Kier molecular flexibility index (Phi) is 6.68. The minimum absolute atomic E-state index is 0.0266. The molecular weight excluding hydrogens is 474 g/mol. The highest BCUT2D eigenvalue weighted by Crippen LogP contribution is 2.41. The Balaban J connectivity index is 1.59. The van der Waals surface area contributed by atoms with Crippen LogP contribution in [0.2, 0.25) is 0 Å². The van der Waals surface area contributed by atoms with Crippen LogP contribution in [0.4, 0.5) is 0 Å². The molecule has 0 aliphatic carbocycles. The molecule has 0 unspecified atom stereocenters. The van der Waals surface area contributed by atoms with Crippen molar-refractivity contribution in [1.82, 2.24) is 15.0 Å². The number of phenols is 2. The molecular formula is C28H27N3O6. The molecule has 5 rings (SSSR count). The van der Waals surface area contributed by atoms with E-state index in [0.29, 0.717) is 72.4 Å². The van der Waals surface area contributed by atoms with Crippen molar-refractivity contribution in [3.05, 3.63) is 71.3 Å². The summed E-state index contributed by atoms with van der Waals surface area (Å²) in [6.07, 6.45) is 0.583. The Bertz CT molecular complexity index is 1450. The predicted octanol–water partition coefficient (Wildman–Crippen LogP) is 4.58. The molecule has 2 heterocycles. The third-order valence-electron chi connectivity index (χ3n) is 6.18. The maximum Gasteiger partial charge on any atom is 0.338 e. The summed E-state index contributed by atoms with van der Waals surface area (Å²) in [5, 5.41) is 29.8. The number of aromatic nitrogens is 3. The summed E-state index contributed by atoms with van der Waals surface area (Å²) in [6, 6.07) is 15.8. The van der Waals surface area contributed by atoms with Crippen molar-refractivity contribution in [2.45, 2.75) is 26.8 Å². The molecule has 9 nitrogen and oxygen atoms in total. The van der Waals surface area contributed by atoms with Gasteiger partial charge in [-0.15, -0.1) is 5.10 Å². The SMILES string of the molecule is CCOC(=O)c1ccc(Cn2nnc(-c3cc(CC)c(O)cc3O)c2-c2ccc3c(c2)OCCO3)cc1. The van der Waals surface area contributed by atoms with Crippen molar-refractivity contribution in [3.63, 3.8) is 0 Å². The van der Waals surface area contributed by atoms with Crippen LogP contribution >= 0.6 is 0 Å². The molecule has 0 spiro atoms. The van der Waals surface area contributed by atoms with Gasteiger partial charge >= 0.3 is 5.97 Å². The van der Waals surface area contributed by atoms with Gasteiger partial charge in [0.05, 0.1) is 24.4 Å². The fraction of sp³-hybridized carbons (Fsp3) is 0.250. The highest BCUT2D eigenvalue weighted by molar-refractivity contribution is 5.89. The van der Waals surface area contributed by atoms with Crippen molar-refractivity contribution in [2.24, 2.45) is 0 Å². The molecule has 4 aromatic rings. The van der Waals surface area contributed by atoms with E-state index in [1.165, 1.54) is 6.07 Å². The second-order valence-electron chi connectivity index (χ2n) is 8.57. The second kappa shape index (κ2) is 10.2. The monoisotopic (exact) mass is 501 g/mol. The molecule has 0 saturated carbocycles. The number of fused-ring (bicyclic) bond motifs is 1. The zero-order valence-electron chi connectivity index (χ0n) is 20.6. The van der Waals surface area contributed by atoms with Crippen molar-refractivity contribution in [3.8, 4) is 45.5 Å². The molecule has 0 saturated heterocycles. The number of aromatic hydroxyl groups is 2. The number of rotatable bonds is 7. The summed E-state index contributed by atoms with van der Waals surface area (Å²) in [4.78, 5) is 12.0.